The number of carbonyl (C=O) groups is 2. The predicted molar refractivity (Wildman–Crippen MR) is 111 cm³/mol. The number of Topliss-reactive ketones (excluding diaryl/α,β-unsaturated/α-hetero) is 1. The van der Waals surface area contributed by atoms with Crippen molar-refractivity contribution in [2.24, 2.45) is 0 Å². The Balaban J connectivity index is 1.86. The average molecular weight is 421 g/mol. The van der Waals surface area contributed by atoms with Crippen LogP contribution in [0.2, 0.25) is 0 Å². The van der Waals surface area contributed by atoms with Gasteiger partial charge in [0.2, 0.25) is 0 Å². The monoisotopic (exact) mass is 421 g/mol. The van der Waals surface area contributed by atoms with Crippen LogP contribution < -0.4 is 4.74 Å². The maximum atomic E-state index is 14.2. The second-order valence-corrected chi connectivity index (χ2v) is 7.27. The number of amides is 1. The number of aryl methyl sites for hydroxylation is 1. The van der Waals surface area contributed by atoms with Gasteiger partial charge < -0.3 is 19.2 Å². The molecule has 1 aliphatic rings. The first-order valence-corrected chi connectivity index (χ1v) is 9.62. The van der Waals surface area contributed by atoms with Gasteiger partial charge in [-0.2, -0.15) is 0 Å². The summed E-state index contributed by atoms with van der Waals surface area (Å²) in [5, 5.41) is 11.0. The van der Waals surface area contributed by atoms with Crippen LogP contribution in [0.4, 0.5) is 4.39 Å². The van der Waals surface area contributed by atoms with Gasteiger partial charge in [-0.25, -0.2) is 4.39 Å². The molecule has 1 fully saturated rings. The number of ether oxygens (including phenoxy) is 1. The molecule has 6 nitrogen and oxygen atoms in total. The van der Waals surface area contributed by atoms with E-state index in [2.05, 4.69) is 0 Å². The van der Waals surface area contributed by atoms with Gasteiger partial charge in [-0.15, -0.1) is 0 Å². The summed E-state index contributed by atoms with van der Waals surface area (Å²) in [6.07, 6.45) is 1.48. The molecule has 0 bridgehead atoms. The summed E-state index contributed by atoms with van der Waals surface area (Å²) in [6.45, 7) is 1.97. The topological polar surface area (TPSA) is 80.0 Å². The van der Waals surface area contributed by atoms with Crippen molar-refractivity contribution >= 4 is 17.4 Å². The molecule has 3 aromatic rings. The normalized spacial score (nSPS) is 17.9. The molecular weight excluding hydrogens is 401 g/mol. The van der Waals surface area contributed by atoms with Crippen molar-refractivity contribution in [1.82, 2.24) is 4.90 Å². The Morgan fingerprint density at radius 1 is 1.16 bits per heavy atom. The fraction of sp³-hybridized carbons (Fsp3) is 0.167. The van der Waals surface area contributed by atoms with Gasteiger partial charge in [-0.1, -0.05) is 29.8 Å². The lowest BCUT2D eigenvalue weighted by atomic mass is 9.94. The largest absolute Gasteiger partial charge is 0.507 e. The van der Waals surface area contributed by atoms with E-state index in [0.29, 0.717) is 11.3 Å². The van der Waals surface area contributed by atoms with Crippen LogP contribution in [0.1, 0.15) is 28.5 Å². The van der Waals surface area contributed by atoms with Gasteiger partial charge in [0.25, 0.3) is 11.7 Å². The first kappa shape index (κ1) is 20.4. The number of carbonyl (C=O) groups excluding carboxylic acids is 2. The van der Waals surface area contributed by atoms with Crippen molar-refractivity contribution < 1.29 is 28.2 Å². The van der Waals surface area contributed by atoms with Gasteiger partial charge in [0.1, 0.15) is 11.5 Å². The number of ketones is 1. The molecule has 158 valence electrons. The zero-order chi connectivity index (χ0) is 22.1. The van der Waals surface area contributed by atoms with E-state index in [4.69, 9.17) is 9.15 Å². The Kier molecular flexibility index (Phi) is 5.33. The van der Waals surface area contributed by atoms with E-state index in [1.54, 1.807) is 24.3 Å². The smallest absolute Gasteiger partial charge is 0.296 e. The van der Waals surface area contributed by atoms with Gasteiger partial charge >= 0.3 is 0 Å². The number of methoxy groups -OCH3 is 1. The highest BCUT2D eigenvalue weighted by Gasteiger charge is 2.46. The summed E-state index contributed by atoms with van der Waals surface area (Å²) in [6, 6.07) is 13.7. The number of hydrogen-bond donors (Lipinski definition) is 1. The van der Waals surface area contributed by atoms with E-state index >= 15 is 0 Å². The van der Waals surface area contributed by atoms with E-state index in [1.807, 2.05) is 19.1 Å². The lowest BCUT2D eigenvalue weighted by Gasteiger charge is -2.24. The first-order chi connectivity index (χ1) is 14.9. The Hall–Kier alpha value is -3.87. The molecule has 0 aliphatic carbocycles. The molecule has 1 aromatic heterocycles. The number of hydrogen-bond acceptors (Lipinski definition) is 5. The summed E-state index contributed by atoms with van der Waals surface area (Å²) in [5.74, 6) is -2.25. The van der Waals surface area contributed by atoms with Gasteiger partial charge in [0.15, 0.2) is 11.6 Å². The SMILES string of the molecule is COc1ccc(/C(O)=C2/C(=O)C(=O)N(Cc3ccco3)C2c2ccc(C)cc2)cc1F. The fourth-order valence-electron chi connectivity index (χ4n) is 3.68. The highest BCUT2D eigenvalue weighted by atomic mass is 19.1. The third-order valence-corrected chi connectivity index (χ3v) is 5.26. The molecule has 1 atom stereocenters. The minimum Gasteiger partial charge on any atom is -0.507 e. The Bertz CT molecular complexity index is 1170. The summed E-state index contributed by atoms with van der Waals surface area (Å²) < 4.78 is 24.5. The molecule has 4 rings (SSSR count). The standard InChI is InChI=1S/C24H20FNO5/c1-14-5-7-15(8-6-14)21-20(22(27)16-9-10-19(30-2)18(25)12-16)23(28)24(29)26(21)13-17-4-3-11-31-17/h3-12,21,27H,13H2,1-2H3/b22-20-. The van der Waals surface area contributed by atoms with Crippen LogP contribution in [0, 0.1) is 12.7 Å². The number of rotatable bonds is 5. The summed E-state index contributed by atoms with van der Waals surface area (Å²) in [4.78, 5) is 27.2. The Morgan fingerprint density at radius 2 is 1.90 bits per heavy atom. The van der Waals surface area contributed by atoms with Crippen molar-refractivity contribution in [1.29, 1.82) is 0 Å². The van der Waals surface area contributed by atoms with Crippen LogP contribution >= 0.6 is 0 Å². The maximum Gasteiger partial charge on any atom is 0.296 e. The van der Waals surface area contributed by atoms with Crippen LogP contribution in [0.5, 0.6) is 5.75 Å². The van der Waals surface area contributed by atoms with E-state index in [9.17, 15) is 19.1 Å². The van der Waals surface area contributed by atoms with Crippen LogP contribution in [-0.2, 0) is 16.1 Å². The van der Waals surface area contributed by atoms with E-state index in [1.165, 1.54) is 30.4 Å². The van der Waals surface area contributed by atoms with Crippen LogP contribution in [0.15, 0.2) is 70.9 Å². The molecule has 1 N–H and O–H groups in total. The molecular formula is C24H20FNO5. The number of benzene rings is 2. The van der Waals surface area contributed by atoms with Crippen molar-refractivity contribution in [3.63, 3.8) is 0 Å². The van der Waals surface area contributed by atoms with Crippen LogP contribution in [-0.4, -0.2) is 28.8 Å². The molecule has 1 aliphatic heterocycles. The second-order valence-electron chi connectivity index (χ2n) is 7.27. The predicted octanol–water partition coefficient (Wildman–Crippen LogP) is 4.36. The third kappa shape index (κ3) is 3.70. The zero-order valence-electron chi connectivity index (χ0n) is 17.0. The lowest BCUT2D eigenvalue weighted by molar-refractivity contribution is -0.140. The number of nitrogens with zero attached hydrogens (tertiary/aromatic N) is 1. The second kappa shape index (κ2) is 8.10. The molecule has 31 heavy (non-hydrogen) atoms. The third-order valence-electron chi connectivity index (χ3n) is 5.26. The summed E-state index contributed by atoms with van der Waals surface area (Å²) in [7, 11) is 1.33. The molecule has 7 heteroatoms. The molecule has 0 saturated carbocycles. The van der Waals surface area contributed by atoms with Gasteiger partial charge in [-0.05, 0) is 42.8 Å². The molecule has 0 spiro atoms. The van der Waals surface area contributed by atoms with Gasteiger partial charge in [-0.3, -0.25) is 9.59 Å². The van der Waals surface area contributed by atoms with Gasteiger partial charge in [0, 0.05) is 5.56 Å². The average Bonchev–Trinajstić information content (AvgIpc) is 3.36. The maximum absolute atomic E-state index is 14.2. The highest BCUT2D eigenvalue weighted by molar-refractivity contribution is 6.46. The number of halogens is 1. The molecule has 2 aromatic carbocycles. The molecule has 0 radical (unpaired) electrons. The Labute approximate surface area is 178 Å². The number of aliphatic hydroxyl groups is 1. The molecule has 1 amide bonds. The zero-order valence-corrected chi connectivity index (χ0v) is 17.0. The van der Waals surface area contributed by atoms with Gasteiger partial charge in [0.05, 0.1) is 31.5 Å². The number of likely N-dealkylation sites (tertiary alicyclic amines) is 1. The van der Waals surface area contributed by atoms with E-state index < -0.39 is 29.3 Å². The van der Waals surface area contributed by atoms with Crippen LogP contribution in [0.25, 0.3) is 5.76 Å². The summed E-state index contributed by atoms with van der Waals surface area (Å²) in [5.41, 5.74) is 1.62. The quantitative estimate of drug-likeness (QED) is 0.376. The van der Waals surface area contributed by atoms with Crippen molar-refractivity contribution in [2.75, 3.05) is 7.11 Å². The Morgan fingerprint density at radius 3 is 2.52 bits per heavy atom. The van der Waals surface area contributed by atoms with Crippen molar-refractivity contribution in [3.8, 4) is 5.75 Å². The molecule has 1 saturated heterocycles. The first-order valence-electron chi connectivity index (χ1n) is 9.62. The highest BCUT2D eigenvalue weighted by Crippen LogP contribution is 2.40. The van der Waals surface area contributed by atoms with Crippen molar-refractivity contribution in [2.45, 2.75) is 19.5 Å². The van der Waals surface area contributed by atoms with Crippen molar-refractivity contribution in [3.05, 3.63) is 94.7 Å². The lowest BCUT2D eigenvalue weighted by Crippen LogP contribution is -2.29. The minimum atomic E-state index is -0.851. The van der Waals surface area contributed by atoms with E-state index in [-0.39, 0.29) is 23.4 Å². The number of aliphatic hydroxyl groups excluding tert-OH is 1. The van der Waals surface area contributed by atoms with E-state index in [0.717, 1.165) is 11.6 Å². The fourth-order valence-corrected chi connectivity index (χ4v) is 3.68. The van der Waals surface area contributed by atoms with Crippen LogP contribution in [0.3, 0.4) is 0 Å². The molecule has 1 unspecified atom stereocenters. The minimum absolute atomic E-state index is 0.00454. The number of furan rings is 1. The molecule has 2 heterocycles. The summed E-state index contributed by atoms with van der Waals surface area (Å²) >= 11 is 0.